The largest absolute Gasteiger partial charge is 0.493 e. The summed E-state index contributed by atoms with van der Waals surface area (Å²) in [6, 6.07) is 6.57. The molecule has 1 heterocycles. The highest BCUT2D eigenvalue weighted by molar-refractivity contribution is 9.10. The predicted molar refractivity (Wildman–Crippen MR) is 86.3 cm³/mol. The zero-order valence-corrected chi connectivity index (χ0v) is 13.6. The lowest BCUT2D eigenvalue weighted by Gasteiger charge is -2.25. The van der Waals surface area contributed by atoms with Crippen molar-refractivity contribution in [2.24, 2.45) is 11.8 Å². The molecule has 3 rings (SSSR count). The fourth-order valence-electron chi connectivity index (χ4n) is 3.13. The van der Waals surface area contributed by atoms with Gasteiger partial charge in [0.05, 0.1) is 6.61 Å². The van der Waals surface area contributed by atoms with E-state index < -0.39 is 0 Å². The maximum Gasteiger partial charge on any atom is 0.120 e. The molecule has 2 nitrogen and oxygen atoms in total. The van der Waals surface area contributed by atoms with E-state index in [2.05, 4.69) is 39.4 Å². The smallest absolute Gasteiger partial charge is 0.120 e. The molecule has 1 aromatic rings. The second-order valence-corrected chi connectivity index (χ2v) is 7.24. The Hall–Kier alpha value is -0.540. The Morgan fingerprint density at radius 2 is 1.95 bits per heavy atom. The maximum absolute atomic E-state index is 5.97. The quantitative estimate of drug-likeness (QED) is 0.870. The highest BCUT2D eigenvalue weighted by Crippen LogP contribution is 2.29. The Labute approximate surface area is 130 Å². The first-order valence-electron chi connectivity index (χ1n) is 7.92. The van der Waals surface area contributed by atoms with Gasteiger partial charge in [0, 0.05) is 4.47 Å². The monoisotopic (exact) mass is 337 g/mol. The van der Waals surface area contributed by atoms with Crippen molar-refractivity contribution in [3.05, 3.63) is 28.2 Å². The molecule has 1 saturated heterocycles. The zero-order valence-electron chi connectivity index (χ0n) is 12.0. The van der Waals surface area contributed by atoms with Crippen LogP contribution < -0.4 is 10.1 Å². The van der Waals surface area contributed by atoms with Crippen molar-refractivity contribution >= 4 is 15.9 Å². The zero-order chi connectivity index (χ0) is 13.8. The lowest BCUT2D eigenvalue weighted by molar-refractivity contribution is 0.180. The van der Waals surface area contributed by atoms with Crippen molar-refractivity contribution in [3.8, 4) is 5.75 Å². The topological polar surface area (TPSA) is 21.3 Å². The molecule has 0 bridgehead atoms. The molecule has 2 aliphatic rings. The lowest BCUT2D eigenvalue weighted by atomic mass is 9.86. The molecule has 1 unspecified atom stereocenters. The van der Waals surface area contributed by atoms with Crippen LogP contribution in [0.5, 0.6) is 5.75 Å². The van der Waals surface area contributed by atoms with Crippen molar-refractivity contribution in [2.75, 3.05) is 19.7 Å². The van der Waals surface area contributed by atoms with Gasteiger partial charge in [-0.1, -0.05) is 22.4 Å². The second kappa shape index (κ2) is 6.95. The van der Waals surface area contributed by atoms with Crippen LogP contribution in [0.3, 0.4) is 0 Å². The minimum atomic E-state index is 0.775. The number of rotatable bonds is 5. The summed E-state index contributed by atoms with van der Waals surface area (Å²) in [5.74, 6) is 2.60. The summed E-state index contributed by atoms with van der Waals surface area (Å²) in [5.41, 5.74) is 1.40. The van der Waals surface area contributed by atoms with Gasteiger partial charge >= 0.3 is 0 Å². The Balaban J connectivity index is 1.59. The average molecular weight is 338 g/mol. The molecular weight excluding hydrogens is 314 g/mol. The van der Waals surface area contributed by atoms with E-state index in [9.17, 15) is 0 Å². The van der Waals surface area contributed by atoms with Gasteiger partial charge in [-0.3, -0.25) is 0 Å². The van der Waals surface area contributed by atoms with Crippen LogP contribution in [0.4, 0.5) is 0 Å². The highest BCUT2D eigenvalue weighted by atomic mass is 79.9. The first-order valence-corrected chi connectivity index (χ1v) is 8.72. The van der Waals surface area contributed by atoms with E-state index in [1.54, 1.807) is 0 Å². The molecule has 1 saturated carbocycles. The molecule has 0 spiro atoms. The van der Waals surface area contributed by atoms with Crippen molar-refractivity contribution in [3.63, 3.8) is 0 Å². The van der Waals surface area contributed by atoms with Crippen LogP contribution in [-0.4, -0.2) is 19.7 Å². The van der Waals surface area contributed by atoms with Crippen LogP contribution in [0.15, 0.2) is 22.7 Å². The normalized spacial score (nSPS) is 23.4. The van der Waals surface area contributed by atoms with Crippen molar-refractivity contribution in [2.45, 2.75) is 38.5 Å². The Bertz CT molecular complexity index is 439. The third kappa shape index (κ3) is 3.98. The van der Waals surface area contributed by atoms with Crippen LogP contribution >= 0.6 is 15.9 Å². The van der Waals surface area contributed by atoms with Gasteiger partial charge in [0.15, 0.2) is 0 Å². The van der Waals surface area contributed by atoms with Gasteiger partial charge in [-0.05, 0) is 80.8 Å². The molecule has 110 valence electrons. The number of halogens is 1. The second-order valence-electron chi connectivity index (χ2n) is 6.32. The summed E-state index contributed by atoms with van der Waals surface area (Å²) >= 11 is 3.62. The van der Waals surface area contributed by atoms with Gasteiger partial charge in [0.25, 0.3) is 0 Å². The SMILES string of the molecule is Brc1cc(CC2CCCNC2)cc(OCC2CCC2)c1. The van der Waals surface area contributed by atoms with Crippen molar-refractivity contribution in [1.29, 1.82) is 0 Å². The maximum atomic E-state index is 5.97. The molecule has 20 heavy (non-hydrogen) atoms. The van der Waals surface area contributed by atoms with E-state index >= 15 is 0 Å². The van der Waals surface area contributed by atoms with E-state index in [0.29, 0.717) is 0 Å². The third-order valence-electron chi connectivity index (χ3n) is 4.56. The molecule has 0 radical (unpaired) electrons. The molecule has 0 aromatic heterocycles. The van der Waals surface area contributed by atoms with Crippen molar-refractivity contribution < 1.29 is 4.74 Å². The lowest BCUT2D eigenvalue weighted by Crippen LogP contribution is -2.30. The minimum Gasteiger partial charge on any atom is -0.493 e. The predicted octanol–water partition coefficient (Wildman–Crippen LogP) is 4.17. The first kappa shape index (κ1) is 14.4. The van der Waals surface area contributed by atoms with Gasteiger partial charge < -0.3 is 10.1 Å². The molecular formula is C17H24BrNO. The van der Waals surface area contributed by atoms with Gasteiger partial charge in [-0.25, -0.2) is 0 Å². The Morgan fingerprint density at radius 1 is 1.10 bits per heavy atom. The van der Waals surface area contributed by atoms with Gasteiger partial charge in [0.2, 0.25) is 0 Å². The molecule has 3 heteroatoms. The molecule has 1 aliphatic heterocycles. The van der Waals surface area contributed by atoms with Crippen LogP contribution in [0.2, 0.25) is 0 Å². The van der Waals surface area contributed by atoms with Crippen LogP contribution in [-0.2, 0) is 6.42 Å². The summed E-state index contributed by atoms with van der Waals surface area (Å²) in [5, 5.41) is 3.50. The number of piperidine rings is 1. The van der Waals surface area contributed by atoms with E-state index in [4.69, 9.17) is 4.74 Å². The minimum absolute atomic E-state index is 0.775. The van der Waals surface area contributed by atoms with Crippen LogP contribution in [0.1, 0.15) is 37.7 Å². The fourth-order valence-corrected chi connectivity index (χ4v) is 3.65. The Morgan fingerprint density at radius 3 is 2.65 bits per heavy atom. The van der Waals surface area contributed by atoms with Crippen LogP contribution in [0.25, 0.3) is 0 Å². The molecule has 1 aromatic carbocycles. The molecule has 1 N–H and O–H groups in total. The molecule has 1 atom stereocenters. The summed E-state index contributed by atoms with van der Waals surface area (Å²) in [7, 11) is 0. The summed E-state index contributed by atoms with van der Waals surface area (Å²) in [6.45, 7) is 3.23. The number of nitrogens with one attached hydrogen (secondary N) is 1. The fraction of sp³-hybridized carbons (Fsp3) is 0.647. The number of benzene rings is 1. The van der Waals surface area contributed by atoms with Gasteiger partial charge in [-0.15, -0.1) is 0 Å². The summed E-state index contributed by atoms with van der Waals surface area (Å²) in [4.78, 5) is 0. The number of hydrogen-bond donors (Lipinski definition) is 1. The summed E-state index contributed by atoms with van der Waals surface area (Å²) in [6.07, 6.45) is 7.88. The standard InChI is InChI=1S/C17H24BrNO/c18-16-8-15(7-14-5-2-6-19-11-14)9-17(10-16)20-12-13-3-1-4-13/h8-10,13-14,19H,1-7,11-12H2. The molecule has 1 aliphatic carbocycles. The van der Waals surface area contributed by atoms with E-state index in [-0.39, 0.29) is 0 Å². The molecule has 0 amide bonds. The number of hydrogen-bond acceptors (Lipinski definition) is 2. The molecule has 2 fully saturated rings. The van der Waals surface area contributed by atoms with E-state index in [0.717, 1.165) is 41.6 Å². The van der Waals surface area contributed by atoms with E-state index in [1.165, 1.54) is 44.2 Å². The highest BCUT2D eigenvalue weighted by Gasteiger charge is 2.18. The van der Waals surface area contributed by atoms with E-state index in [1.807, 2.05) is 0 Å². The summed E-state index contributed by atoms with van der Waals surface area (Å²) < 4.78 is 7.12. The van der Waals surface area contributed by atoms with Gasteiger partial charge in [-0.2, -0.15) is 0 Å². The van der Waals surface area contributed by atoms with Gasteiger partial charge in [0.1, 0.15) is 5.75 Å². The third-order valence-corrected chi connectivity index (χ3v) is 5.02. The average Bonchev–Trinajstić information content (AvgIpc) is 2.37. The first-order chi connectivity index (χ1) is 9.79. The Kier molecular flexibility index (Phi) is 5.00. The van der Waals surface area contributed by atoms with Crippen LogP contribution in [0, 0.1) is 11.8 Å². The number of ether oxygens (including phenoxy) is 1. The van der Waals surface area contributed by atoms with Crippen molar-refractivity contribution in [1.82, 2.24) is 5.32 Å².